The SMILES string of the molecule is CCn1cnc2c(Nc3cccc(Cl)c3)nc(NCCCN)nc21. The maximum atomic E-state index is 6.05. The molecule has 0 saturated heterocycles. The first kappa shape index (κ1) is 16.5. The van der Waals surface area contributed by atoms with Gasteiger partial charge in [0.1, 0.15) is 0 Å². The predicted molar refractivity (Wildman–Crippen MR) is 97.9 cm³/mol. The lowest BCUT2D eigenvalue weighted by Gasteiger charge is -2.10. The summed E-state index contributed by atoms with van der Waals surface area (Å²) in [5, 5.41) is 7.14. The normalized spacial score (nSPS) is 11.0. The van der Waals surface area contributed by atoms with Gasteiger partial charge in [0.05, 0.1) is 6.33 Å². The van der Waals surface area contributed by atoms with Crippen LogP contribution in [-0.4, -0.2) is 32.6 Å². The third kappa shape index (κ3) is 3.58. The third-order valence-electron chi connectivity index (χ3n) is 3.56. The molecule has 0 radical (unpaired) electrons. The summed E-state index contributed by atoms with van der Waals surface area (Å²) in [5.74, 6) is 1.19. The summed E-state index contributed by atoms with van der Waals surface area (Å²) in [5.41, 5.74) is 7.90. The molecule has 0 saturated carbocycles. The number of imidazole rings is 1. The van der Waals surface area contributed by atoms with E-state index in [-0.39, 0.29) is 0 Å². The molecule has 0 amide bonds. The van der Waals surface area contributed by atoms with Crippen LogP contribution < -0.4 is 16.4 Å². The third-order valence-corrected chi connectivity index (χ3v) is 3.79. The zero-order chi connectivity index (χ0) is 16.9. The van der Waals surface area contributed by atoms with Gasteiger partial charge in [0, 0.05) is 23.8 Å². The summed E-state index contributed by atoms with van der Waals surface area (Å²) in [7, 11) is 0. The second-order valence-corrected chi connectivity index (χ2v) is 5.74. The molecule has 0 fully saturated rings. The van der Waals surface area contributed by atoms with Gasteiger partial charge in [-0.2, -0.15) is 9.97 Å². The molecule has 2 heterocycles. The van der Waals surface area contributed by atoms with E-state index < -0.39 is 0 Å². The van der Waals surface area contributed by atoms with Crippen molar-refractivity contribution in [3.8, 4) is 0 Å². The van der Waals surface area contributed by atoms with E-state index in [0.717, 1.165) is 36.4 Å². The number of fused-ring (bicyclic) bond motifs is 1. The van der Waals surface area contributed by atoms with E-state index >= 15 is 0 Å². The Morgan fingerprint density at radius 1 is 1.29 bits per heavy atom. The average Bonchev–Trinajstić information content (AvgIpc) is 2.98. The maximum absolute atomic E-state index is 6.05. The highest BCUT2D eigenvalue weighted by atomic mass is 35.5. The van der Waals surface area contributed by atoms with E-state index in [1.807, 2.05) is 28.8 Å². The molecule has 0 aliphatic rings. The number of benzene rings is 1. The van der Waals surface area contributed by atoms with Crippen LogP contribution >= 0.6 is 11.6 Å². The van der Waals surface area contributed by atoms with Crippen LogP contribution in [0.4, 0.5) is 17.5 Å². The van der Waals surface area contributed by atoms with Crippen LogP contribution in [0.1, 0.15) is 13.3 Å². The van der Waals surface area contributed by atoms with Gasteiger partial charge in [-0.25, -0.2) is 4.98 Å². The molecule has 0 aliphatic carbocycles. The van der Waals surface area contributed by atoms with Crippen molar-refractivity contribution in [2.45, 2.75) is 19.9 Å². The van der Waals surface area contributed by atoms with E-state index in [0.29, 0.717) is 23.3 Å². The Morgan fingerprint density at radius 2 is 2.17 bits per heavy atom. The van der Waals surface area contributed by atoms with Crippen molar-refractivity contribution >= 4 is 40.2 Å². The van der Waals surface area contributed by atoms with Gasteiger partial charge in [0.2, 0.25) is 5.95 Å². The monoisotopic (exact) mass is 345 g/mol. The van der Waals surface area contributed by atoms with Gasteiger partial charge in [-0.1, -0.05) is 17.7 Å². The highest BCUT2D eigenvalue weighted by Gasteiger charge is 2.13. The minimum atomic E-state index is 0.552. The number of hydrogen-bond acceptors (Lipinski definition) is 6. The van der Waals surface area contributed by atoms with Gasteiger partial charge >= 0.3 is 0 Å². The molecular formula is C16H20ClN7. The zero-order valence-electron chi connectivity index (χ0n) is 13.5. The lowest BCUT2D eigenvalue weighted by molar-refractivity contribution is 0.777. The van der Waals surface area contributed by atoms with Crippen LogP contribution in [0.2, 0.25) is 5.02 Å². The summed E-state index contributed by atoms with van der Waals surface area (Å²) in [6.45, 7) is 4.18. The molecule has 2 aromatic heterocycles. The lowest BCUT2D eigenvalue weighted by atomic mass is 10.3. The highest BCUT2D eigenvalue weighted by Crippen LogP contribution is 2.25. The summed E-state index contributed by atoms with van der Waals surface area (Å²) in [4.78, 5) is 13.6. The van der Waals surface area contributed by atoms with Crippen LogP contribution in [0.3, 0.4) is 0 Å². The number of rotatable bonds is 7. The number of halogens is 1. The van der Waals surface area contributed by atoms with Crippen molar-refractivity contribution < 1.29 is 0 Å². The molecule has 0 unspecified atom stereocenters. The number of anilines is 3. The number of nitrogens with two attached hydrogens (primary N) is 1. The van der Waals surface area contributed by atoms with Gasteiger partial charge in [-0.15, -0.1) is 0 Å². The van der Waals surface area contributed by atoms with Gasteiger partial charge < -0.3 is 20.9 Å². The van der Waals surface area contributed by atoms with Gasteiger partial charge in [0.15, 0.2) is 17.0 Å². The summed E-state index contributed by atoms with van der Waals surface area (Å²) >= 11 is 6.05. The molecule has 24 heavy (non-hydrogen) atoms. The Labute approximate surface area is 145 Å². The minimum Gasteiger partial charge on any atom is -0.354 e. The molecule has 0 spiro atoms. The second-order valence-electron chi connectivity index (χ2n) is 5.30. The topological polar surface area (TPSA) is 93.7 Å². The fourth-order valence-corrected chi connectivity index (χ4v) is 2.54. The van der Waals surface area contributed by atoms with Crippen molar-refractivity contribution in [3.05, 3.63) is 35.6 Å². The van der Waals surface area contributed by atoms with E-state index in [2.05, 4.69) is 32.5 Å². The second kappa shape index (κ2) is 7.46. The van der Waals surface area contributed by atoms with Crippen molar-refractivity contribution in [1.29, 1.82) is 0 Å². The molecular weight excluding hydrogens is 326 g/mol. The zero-order valence-corrected chi connectivity index (χ0v) is 14.2. The fraction of sp³-hybridized carbons (Fsp3) is 0.312. The maximum Gasteiger partial charge on any atom is 0.226 e. The highest BCUT2D eigenvalue weighted by molar-refractivity contribution is 6.30. The van der Waals surface area contributed by atoms with Gasteiger partial charge in [0.25, 0.3) is 0 Å². The molecule has 8 heteroatoms. The molecule has 0 aliphatic heterocycles. The smallest absolute Gasteiger partial charge is 0.226 e. The molecule has 0 bridgehead atoms. The Morgan fingerprint density at radius 3 is 2.92 bits per heavy atom. The van der Waals surface area contributed by atoms with Gasteiger partial charge in [-0.05, 0) is 38.1 Å². The Balaban J connectivity index is 1.99. The number of hydrogen-bond donors (Lipinski definition) is 3. The van der Waals surface area contributed by atoms with Crippen molar-refractivity contribution in [1.82, 2.24) is 19.5 Å². The van der Waals surface area contributed by atoms with E-state index in [9.17, 15) is 0 Å². The molecule has 3 rings (SSSR count). The number of aryl methyl sites for hydroxylation is 1. The minimum absolute atomic E-state index is 0.552. The molecule has 7 nitrogen and oxygen atoms in total. The van der Waals surface area contributed by atoms with Crippen LogP contribution in [0.15, 0.2) is 30.6 Å². The first-order valence-electron chi connectivity index (χ1n) is 7.90. The molecule has 126 valence electrons. The standard InChI is InChI=1S/C16H20ClN7/c1-2-24-10-20-13-14(21-12-6-3-5-11(17)9-12)22-16(23-15(13)24)19-8-4-7-18/h3,5-6,9-10H,2,4,7-8,18H2,1H3,(H2,19,21,22,23). The number of nitrogens with zero attached hydrogens (tertiary/aromatic N) is 4. The lowest BCUT2D eigenvalue weighted by Crippen LogP contribution is -2.11. The fourth-order valence-electron chi connectivity index (χ4n) is 2.35. The van der Waals surface area contributed by atoms with Crippen LogP contribution in [0.25, 0.3) is 11.2 Å². The first-order chi connectivity index (χ1) is 11.7. The Kier molecular flexibility index (Phi) is 5.12. The van der Waals surface area contributed by atoms with Crippen LogP contribution in [0, 0.1) is 0 Å². The summed E-state index contributed by atoms with van der Waals surface area (Å²) < 4.78 is 1.98. The van der Waals surface area contributed by atoms with Gasteiger partial charge in [-0.3, -0.25) is 0 Å². The van der Waals surface area contributed by atoms with E-state index in [1.54, 1.807) is 6.33 Å². The summed E-state index contributed by atoms with van der Waals surface area (Å²) in [6, 6.07) is 7.48. The number of nitrogens with one attached hydrogen (secondary N) is 2. The predicted octanol–water partition coefficient (Wildman–Crippen LogP) is 3.00. The molecule has 4 N–H and O–H groups in total. The Hall–Kier alpha value is -2.38. The van der Waals surface area contributed by atoms with E-state index in [4.69, 9.17) is 17.3 Å². The van der Waals surface area contributed by atoms with E-state index in [1.165, 1.54) is 0 Å². The van der Waals surface area contributed by atoms with Crippen molar-refractivity contribution in [3.63, 3.8) is 0 Å². The van der Waals surface area contributed by atoms with Crippen molar-refractivity contribution in [2.75, 3.05) is 23.7 Å². The quantitative estimate of drug-likeness (QED) is 0.570. The Bertz CT molecular complexity index is 830. The molecule has 1 aromatic carbocycles. The molecule has 0 atom stereocenters. The largest absolute Gasteiger partial charge is 0.354 e. The first-order valence-corrected chi connectivity index (χ1v) is 8.28. The van der Waals surface area contributed by atoms with Crippen LogP contribution in [-0.2, 0) is 6.54 Å². The van der Waals surface area contributed by atoms with Crippen LogP contribution in [0.5, 0.6) is 0 Å². The number of aromatic nitrogens is 4. The summed E-state index contributed by atoms with van der Waals surface area (Å²) in [6.07, 6.45) is 2.62. The average molecular weight is 346 g/mol. The van der Waals surface area contributed by atoms with Crippen molar-refractivity contribution in [2.24, 2.45) is 5.73 Å². The molecule has 3 aromatic rings.